The van der Waals surface area contributed by atoms with Gasteiger partial charge < -0.3 is 15.5 Å². The molecule has 1 rings (SSSR count). The minimum atomic E-state index is -1.02. The van der Waals surface area contributed by atoms with Gasteiger partial charge in [0.25, 0.3) is 0 Å². The van der Waals surface area contributed by atoms with Crippen LogP contribution in [0.2, 0.25) is 0 Å². The molecule has 0 fully saturated rings. The van der Waals surface area contributed by atoms with Crippen LogP contribution in [0.5, 0.6) is 5.75 Å². The van der Waals surface area contributed by atoms with Crippen molar-refractivity contribution in [3.8, 4) is 5.75 Å². The number of benzene rings is 1. The average Bonchev–Trinajstić information content (AvgIpc) is 2.42. The van der Waals surface area contributed by atoms with Crippen molar-refractivity contribution >= 4 is 23.6 Å². The van der Waals surface area contributed by atoms with Gasteiger partial charge >= 0.3 is 5.97 Å². The van der Waals surface area contributed by atoms with Crippen LogP contribution in [0, 0.1) is 0 Å². The number of nitrogens with one attached hydrogen (secondary N) is 1. The fraction of sp³-hybridized carbons (Fsp3) is 0.429. The number of carboxylic acid groups (broad SMARTS) is 1. The van der Waals surface area contributed by atoms with Crippen molar-refractivity contribution in [1.82, 2.24) is 5.32 Å². The Morgan fingerprint density at radius 3 is 2.65 bits per heavy atom. The predicted octanol–water partition coefficient (Wildman–Crippen LogP) is 1.65. The van der Waals surface area contributed by atoms with Gasteiger partial charge in [-0.15, -0.1) is 0 Å². The fourth-order valence-electron chi connectivity index (χ4n) is 1.73. The molecule has 110 valence electrons. The molecule has 1 aromatic rings. The molecule has 5 nitrogen and oxygen atoms in total. The average molecular weight is 297 g/mol. The molecule has 6 heteroatoms. The van der Waals surface area contributed by atoms with Gasteiger partial charge in [-0.3, -0.25) is 4.79 Å². The van der Waals surface area contributed by atoms with Crippen LogP contribution >= 0.6 is 11.8 Å². The first-order valence-electron chi connectivity index (χ1n) is 6.32. The zero-order chi connectivity index (χ0) is 15.0. The molecule has 0 bridgehead atoms. The van der Waals surface area contributed by atoms with E-state index < -0.39 is 12.0 Å². The first-order chi connectivity index (χ1) is 9.54. The minimum absolute atomic E-state index is 0.150. The number of hydrogen-bond donors (Lipinski definition) is 3. The molecule has 1 atom stereocenters. The molecule has 0 aliphatic rings. The maximum absolute atomic E-state index is 11.7. The third-order valence-electron chi connectivity index (χ3n) is 2.86. The SMILES string of the molecule is CSCC[C@H](NC(=O)CCc1ccccc1O)C(=O)O. The number of rotatable bonds is 8. The van der Waals surface area contributed by atoms with Crippen LogP contribution in [-0.2, 0) is 16.0 Å². The Labute approximate surface area is 122 Å². The molecule has 1 amide bonds. The summed E-state index contributed by atoms with van der Waals surface area (Å²) in [6, 6.07) is 5.95. The first kappa shape index (κ1) is 16.4. The van der Waals surface area contributed by atoms with Gasteiger partial charge in [0.2, 0.25) is 5.91 Å². The molecule has 1 aromatic carbocycles. The number of hydrogen-bond acceptors (Lipinski definition) is 4. The highest BCUT2D eigenvalue weighted by Gasteiger charge is 2.19. The van der Waals surface area contributed by atoms with E-state index in [-0.39, 0.29) is 18.1 Å². The Morgan fingerprint density at radius 2 is 2.05 bits per heavy atom. The van der Waals surface area contributed by atoms with Gasteiger partial charge in [0.1, 0.15) is 11.8 Å². The molecule has 0 heterocycles. The third-order valence-corrected chi connectivity index (χ3v) is 3.50. The molecule has 3 N–H and O–H groups in total. The molecule has 20 heavy (non-hydrogen) atoms. The zero-order valence-corrected chi connectivity index (χ0v) is 12.2. The standard InChI is InChI=1S/C14H19NO4S/c1-20-9-8-11(14(18)19)15-13(17)7-6-10-4-2-3-5-12(10)16/h2-5,11,16H,6-9H2,1H3,(H,15,17)(H,18,19)/t11-/m0/s1. The number of aromatic hydroxyl groups is 1. The molecule has 0 spiro atoms. The second-order valence-electron chi connectivity index (χ2n) is 4.37. The van der Waals surface area contributed by atoms with Gasteiger partial charge in [-0.05, 0) is 36.5 Å². The van der Waals surface area contributed by atoms with Gasteiger partial charge in [-0.25, -0.2) is 4.79 Å². The predicted molar refractivity (Wildman–Crippen MR) is 79.0 cm³/mol. The van der Waals surface area contributed by atoms with Crippen molar-refractivity contribution in [1.29, 1.82) is 0 Å². The maximum atomic E-state index is 11.7. The van der Waals surface area contributed by atoms with Crippen molar-refractivity contribution in [2.75, 3.05) is 12.0 Å². The molecule has 0 saturated carbocycles. The van der Waals surface area contributed by atoms with Crippen LogP contribution in [-0.4, -0.2) is 40.1 Å². The van der Waals surface area contributed by atoms with E-state index in [9.17, 15) is 14.7 Å². The van der Waals surface area contributed by atoms with Crippen LogP contribution < -0.4 is 5.32 Å². The van der Waals surface area contributed by atoms with Crippen molar-refractivity contribution in [2.45, 2.75) is 25.3 Å². The highest BCUT2D eigenvalue weighted by atomic mass is 32.2. The monoisotopic (exact) mass is 297 g/mol. The van der Waals surface area contributed by atoms with Crippen LogP contribution in [0.1, 0.15) is 18.4 Å². The van der Waals surface area contributed by atoms with E-state index in [1.807, 2.05) is 6.26 Å². The number of thioether (sulfide) groups is 1. The van der Waals surface area contributed by atoms with E-state index in [4.69, 9.17) is 5.11 Å². The second-order valence-corrected chi connectivity index (χ2v) is 5.35. The summed E-state index contributed by atoms with van der Waals surface area (Å²) in [4.78, 5) is 22.7. The number of phenols is 1. The van der Waals surface area contributed by atoms with E-state index in [0.29, 0.717) is 24.2 Å². The van der Waals surface area contributed by atoms with E-state index in [1.54, 1.807) is 24.3 Å². The van der Waals surface area contributed by atoms with Gasteiger partial charge in [0.05, 0.1) is 0 Å². The summed E-state index contributed by atoms with van der Waals surface area (Å²) in [5, 5.41) is 21.1. The lowest BCUT2D eigenvalue weighted by atomic mass is 10.1. The Bertz CT molecular complexity index is 464. The highest BCUT2D eigenvalue weighted by Crippen LogP contribution is 2.17. The lowest BCUT2D eigenvalue weighted by molar-refractivity contribution is -0.141. The van der Waals surface area contributed by atoms with E-state index in [2.05, 4.69) is 5.32 Å². The Kier molecular flexibility index (Phi) is 6.93. The van der Waals surface area contributed by atoms with Gasteiger partial charge in [0, 0.05) is 6.42 Å². The number of carbonyl (C=O) groups is 2. The zero-order valence-electron chi connectivity index (χ0n) is 11.3. The van der Waals surface area contributed by atoms with E-state index in [1.165, 1.54) is 11.8 Å². The number of carboxylic acids is 1. The van der Waals surface area contributed by atoms with Crippen LogP contribution in [0.3, 0.4) is 0 Å². The Balaban J connectivity index is 2.46. The quantitative estimate of drug-likeness (QED) is 0.679. The van der Waals surface area contributed by atoms with E-state index in [0.717, 1.165) is 0 Å². The molecule has 0 unspecified atom stereocenters. The Morgan fingerprint density at radius 1 is 1.35 bits per heavy atom. The highest BCUT2D eigenvalue weighted by molar-refractivity contribution is 7.98. The smallest absolute Gasteiger partial charge is 0.326 e. The number of aliphatic carboxylic acids is 1. The number of amides is 1. The molecule has 0 radical (unpaired) electrons. The number of phenolic OH excluding ortho intramolecular Hbond substituents is 1. The van der Waals surface area contributed by atoms with Crippen molar-refractivity contribution in [3.05, 3.63) is 29.8 Å². The Hall–Kier alpha value is -1.69. The lowest BCUT2D eigenvalue weighted by Gasteiger charge is -2.14. The fourth-order valence-corrected chi connectivity index (χ4v) is 2.20. The summed E-state index contributed by atoms with van der Waals surface area (Å²) in [5.74, 6) is -0.509. The van der Waals surface area contributed by atoms with Crippen LogP contribution in [0.15, 0.2) is 24.3 Å². The maximum Gasteiger partial charge on any atom is 0.326 e. The third kappa shape index (κ3) is 5.52. The summed E-state index contributed by atoms with van der Waals surface area (Å²) < 4.78 is 0. The van der Waals surface area contributed by atoms with Gasteiger partial charge in [-0.2, -0.15) is 11.8 Å². The molecular formula is C14H19NO4S. The number of carbonyl (C=O) groups excluding carboxylic acids is 1. The normalized spacial score (nSPS) is 11.8. The lowest BCUT2D eigenvalue weighted by Crippen LogP contribution is -2.41. The molecule has 0 aliphatic carbocycles. The summed E-state index contributed by atoms with van der Waals surface area (Å²) in [7, 11) is 0. The largest absolute Gasteiger partial charge is 0.508 e. The van der Waals surface area contributed by atoms with E-state index >= 15 is 0 Å². The van der Waals surface area contributed by atoms with Gasteiger partial charge in [-0.1, -0.05) is 18.2 Å². The minimum Gasteiger partial charge on any atom is -0.508 e. The summed E-state index contributed by atoms with van der Waals surface area (Å²) in [6.07, 6.45) is 2.83. The molecule has 0 aromatic heterocycles. The topological polar surface area (TPSA) is 86.6 Å². The summed E-state index contributed by atoms with van der Waals surface area (Å²) in [6.45, 7) is 0. The molecular weight excluding hydrogens is 278 g/mol. The number of para-hydroxylation sites is 1. The van der Waals surface area contributed by atoms with Crippen molar-refractivity contribution < 1.29 is 19.8 Å². The second kappa shape index (κ2) is 8.47. The van der Waals surface area contributed by atoms with Crippen LogP contribution in [0.4, 0.5) is 0 Å². The van der Waals surface area contributed by atoms with Crippen LogP contribution in [0.25, 0.3) is 0 Å². The van der Waals surface area contributed by atoms with Crippen molar-refractivity contribution in [3.63, 3.8) is 0 Å². The summed E-state index contributed by atoms with van der Waals surface area (Å²) in [5.41, 5.74) is 0.679. The number of aryl methyl sites for hydroxylation is 1. The first-order valence-corrected chi connectivity index (χ1v) is 7.72. The molecule has 0 saturated heterocycles. The van der Waals surface area contributed by atoms with Gasteiger partial charge in [0.15, 0.2) is 0 Å². The summed E-state index contributed by atoms with van der Waals surface area (Å²) >= 11 is 1.54. The van der Waals surface area contributed by atoms with Crippen molar-refractivity contribution in [2.24, 2.45) is 0 Å². The molecule has 0 aliphatic heterocycles.